The van der Waals surface area contributed by atoms with Crippen molar-refractivity contribution in [1.29, 1.82) is 0 Å². The van der Waals surface area contributed by atoms with Crippen molar-refractivity contribution in [3.8, 4) is 0 Å². The van der Waals surface area contributed by atoms with E-state index in [1.807, 2.05) is 0 Å². The van der Waals surface area contributed by atoms with E-state index in [0.29, 0.717) is 0 Å². The Bertz CT molecular complexity index is 65.4. The predicted molar refractivity (Wildman–Crippen MR) is 14.5 cm³/mol. The van der Waals surface area contributed by atoms with E-state index >= 15 is 0 Å². The summed E-state index contributed by atoms with van der Waals surface area (Å²) >= 11 is 0. The molecule has 0 aromatic rings. The largest absolute Gasteiger partial charge is 3.00 e. The Morgan fingerprint density at radius 2 is 1.38 bits per heavy atom. The second-order valence-corrected chi connectivity index (χ2v) is 1.29. The topological polar surface area (TPSA) is 63.2 Å². The summed E-state index contributed by atoms with van der Waals surface area (Å²) in [6, 6.07) is 0. The molecule has 0 aliphatic rings. The summed E-state index contributed by atoms with van der Waals surface area (Å²) in [6.07, 6.45) is 0. The van der Waals surface area contributed by atoms with E-state index in [2.05, 4.69) is 0 Å². The molecule has 35 valence electrons. The van der Waals surface area contributed by atoms with E-state index in [-0.39, 0.29) is 54.8 Å². The van der Waals surface area contributed by atoms with E-state index in [1.165, 1.54) is 0 Å². The van der Waals surface area contributed by atoms with Crippen molar-refractivity contribution in [2.24, 2.45) is 0 Å². The fourth-order valence-electron chi connectivity index (χ4n) is 0. The molecule has 0 N–H and O–H groups in total. The summed E-state index contributed by atoms with van der Waals surface area (Å²) in [5.74, 6) is 0. The summed E-state index contributed by atoms with van der Waals surface area (Å²) in [5, 5.41) is 0. The smallest absolute Gasteiger partial charge is 0.786 e. The molecule has 0 rings (SSSR count). The summed E-state index contributed by atoms with van der Waals surface area (Å²) in [5.41, 5.74) is 0. The molecule has 8 heavy (non-hydrogen) atoms. The summed E-state index contributed by atoms with van der Waals surface area (Å²) in [6.45, 7) is 0. The van der Waals surface area contributed by atoms with Gasteiger partial charge in [0.2, 0.25) is 0 Å². The Hall–Kier alpha value is 1.79. The standard InChI is InChI=1S/Al.FH2O3P.Li.V/c;1-5(2,3)4;;/h;(H2,2,3,4);;/q+3;;+1;+2/p-2. The van der Waals surface area contributed by atoms with Crippen molar-refractivity contribution in [2.45, 2.75) is 0 Å². The molecule has 0 atom stereocenters. The van der Waals surface area contributed by atoms with Crippen molar-refractivity contribution in [3.05, 3.63) is 0 Å². The molecule has 1 radical (unpaired) electrons. The SMILES string of the molecule is O=P([O-])([O-])F.[Al+3].[Li+].[V+2]. The van der Waals surface area contributed by atoms with Gasteiger partial charge in [0.1, 0.15) is 7.91 Å². The molecule has 0 saturated carbocycles. The molecule has 0 amide bonds. The van der Waals surface area contributed by atoms with Crippen LogP contribution in [0.4, 0.5) is 4.20 Å². The first-order chi connectivity index (χ1) is 2.00. The van der Waals surface area contributed by atoms with Gasteiger partial charge < -0.3 is 14.4 Å². The van der Waals surface area contributed by atoms with Crippen molar-refractivity contribution in [3.63, 3.8) is 0 Å². The Kier molecular flexibility index (Phi) is 24.8. The Morgan fingerprint density at radius 3 is 1.38 bits per heavy atom. The molecule has 0 aliphatic carbocycles. The van der Waals surface area contributed by atoms with Gasteiger partial charge in [0.05, 0.1) is 0 Å². The van der Waals surface area contributed by atoms with Crippen LogP contribution in [0.5, 0.6) is 0 Å². The second-order valence-electron chi connectivity index (χ2n) is 0.431. The van der Waals surface area contributed by atoms with Gasteiger partial charge >= 0.3 is 54.8 Å². The first-order valence-electron chi connectivity index (χ1n) is 0.717. The molecule has 0 spiro atoms. The molecule has 0 saturated heterocycles. The predicted octanol–water partition coefficient (Wildman–Crippen LogP) is -4.59. The minimum absolute atomic E-state index is 0. The third kappa shape index (κ3) is 112. The molecule has 0 unspecified atom stereocenters. The van der Waals surface area contributed by atoms with Crippen molar-refractivity contribution in [2.75, 3.05) is 0 Å². The van der Waals surface area contributed by atoms with Gasteiger partial charge in [-0.2, -0.15) is 0 Å². The second kappa shape index (κ2) is 8.79. The van der Waals surface area contributed by atoms with Crippen LogP contribution in [-0.2, 0) is 23.1 Å². The number of hydrogen-bond donors (Lipinski definition) is 0. The molecule has 0 bridgehead atoms. The zero-order valence-electron chi connectivity index (χ0n) is 4.07. The van der Waals surface area contributed by atoms with Gasteiger partial charge in [-0.1, -0.05) is 0 Å². The van der Waals surface area contributed by atoms with E-state index in [1.54, 1.807) is 0 Å². The minimum atomic E-state index is -5.64. The van der Waals surface area contributed by atoms with Gasteiger partial charge in [-0.15, -0.1) is 0 Å². The van der Waals surface area contributed by atoms with Gasteiger partial charge in [0.25, 0.3) is 0 Å². The Labute approximate surface area is 80.9 Å². The van der Waals surface area contributed by atoms with Crippen LogP contribution < -0.4 is 28.6 Å². The van der Waals surface area contributed by atoms with Crippen LogP contribution >= 0.6 is 7.91 Å². The fraction of sp³-hybridized carbons (Fsp3) is 0. The Balaban J connectivity index is -0.0000000267. The van der Waals surface area contributed by atoms with Crippen molar-refractivity contribution >= 4 is 25.3 Å². The quantitative estimate of drug-likeness (QED) is 0.280. The Morgan fingerprint density at radius 1 is 1.38 bits per heavy atom. The average molecular weight is 183 g/mol. The maximum Gasteiger partial charge on any atom is 3.00 e. The minimum Gasteiger partial charge on any atom is -0.786 e. The molecule has 0 aromatic carbocycles. The molecular formula is AlFLiO3PV+4. The molecule has 0 fully saturated rings. The first kappa shape index (κ1) is 22.6. The van der Waals surface area contributed by atoms with Crippen LogP contribution in [0.2, 0.25) is 0 Å². The zero-order valence-corrected chi connectivity index (χ0v) is 7.52. The van der Waals surface area contributed by atoms with Crippen molar-refractivity contribution in [1.82, 2.24) is 0 Å². The van der Waals surface area contributed by atoms with Crippen LogP contribution in [-0.4, -0.2) is 17.4 Å². The van der Waals surface area contributed by atoms with E-state index in [4.69, 9.17) is 14.4 Å². The van der Waals surface area contributed by atoms with Crippen LogP contribution in [0, 0.1) is 0 Å². The summed E-state index contributed by atoms with van der Waals surface area (Å²) < 4.78 is 18.6. The third-order valence-corrected chi connectivity index (χ3v) is 0. The van der Waals surface area contributed by atoms with Gasteiger partial charge in [-0.3, -0.25) is 0 Å². The molecule has 3 nitrogen and oxygen atoms in total. The van der Waals surface area contributed by atoms with E-state index < -0.39 is 7.91 Å². The first-order valence-corrected chi connectivity index (χ1v) is 2.15. The van der Waals surface area contributed by atoms with Crippen LogP contribution in [0.15, 0.2) is 0 Å². The number of halogens is 1. The molecule has 8 heteroatoms. The van der Waals surface area contributed by atoms with Crippen molar-refractivity contribution < 1.29 is 56.0 Å². The molecular weight excluding hydrogens is 183 g/mol. The maximum absolute atomic E-state index is 10.1. The summed E-state index contributed by atoms with van der Waals surface area (Å²) in [4.78, 5) is 16.9. The van der Waals surface area contributed by atoms with Gasteiger partial charge in [0.15, 0.2) is 0 Å². The van der Waals surface area contributed by atoms with Gasteiger partial charge in [-0.05, 0) is 0 Å². The van der Waals surface area contributed by atoms with Crippen LogP contribution in [0.25, 0.3) is 0 Å². The zero-order chi connectivity index (χ0) is 4.50. The molecule has 0 aromatic heterocycles. The summed E-state index contributed by atoms with van der Waals surface area (Å²) in [7, 11) is -5.64. The maximum atomic E-state index is 10.1. The monoisotopic (exact) mass is 183 g/mol. The van der Waals surface area contributed by atoms with Gasteiger partial charge in [0, 0.05) is 0 Å². The number of hydrogen-bond acceptors (Lipinski definition) is 3. The molecule has 0 heterocycles. The van der Waals surface area contributed by atoms with Gasteiger partial charge in [-0.25, -0.2) is 4.20 Å². The third-order valence-electron chi connectivity index (χ3n) is 0. The van der Waals surface area contributed by atoms with Crippen LogP contribution in [0.1, 0.15) is 0 Å². The fourth-order valence-corrected chi connectivity index (χ4v) is 0. The molecule has 0 aliphatic heterocycles. The average Bonchev–Trinajstić information content (AvgIpc) is 0.722. The van der Waals surface area contributed by atoms with E-state index in [0.717, 1.165) is 0 Å². The van der Waals surface area contributed by atoms with E-state index in [9.17, 15) is 4.20 Å². The number of rotatable bonds is 0. The van der Waals surface area contributed by atoms with Crippen LogP contribution in [0.3, 0.4) is 0 Å². The normalized spacial score (nSPS) is 7.38.